The van der Waals surface area contributed by atoms with E-state index in [2.05, 4.69) is 39.9 Å². The fourth-order valence-corrected chi connectivity index (χ4v) is 4.66. The molecule has 2 aromatic carbocycles. The quantitative estimate of drug-likeness (QED) is 0.185. The average Bonchev–Trinajstić information content (AvgIpc) is 3.75. The number of hydrogen-bond acceptors (Lipinski definition) is 6. The molecular weight excluding hydrogens is 436 g/mol. The van der Waals surface area contributed by atoms with E-state index in [0.29, 0.717) is 19.1 Å². The highest BCUT2D eigenvalue weighted by Gasteiger charge is 2.25. The van der Waals surface area contributed by atoms with Gasteiger partial charge in [0.05, 0.1) is 18.7 Å². The van der Waals surface area contributed by atoms with Crippen LogP contribution < -0.4 is 10.6 Å². The van der Waals surface area contributed by atoms with Crippen LogP contribution in [-0.4, -0.2) is 41.4 Å². The van der Waals surface area contributed by atoms with Crippen LogP contribution in [0.15, 0.2) is 60.9 Å². The number of benzene rings is 2. The first-order chi connectivity index (χ1) is 17.3. The predicted octanol–water partition coefficient (Wildman–Crippen LogP) is 5.15. The van der Waals surface area contributed by atoms with Crippen molar-refractivity contribution in [1.82, 2.24) is 15.3 Å². The molecule has 0 amide bonds. The molecule has 0 aliphatic heterocycles. The van der Waals surface area contributed by atoms with Gasteiger partial charge in [-0.2, -0.15) is 0 Å². The molecule has 6 nitrogen and oxygen atoms in total. The van der Waals surface area contributed by atoms with Gasteiger partial charge in [0.2, 0.25) is 0 Å². The molecular formula is C29H34N4O2. The molecule has 1 fully saturated rings. The Bertz CT molecular complexity index is 1270. The van der Waals surface area contributed by atoms with E-state index in [4.69, 9.17) is 9.72 Å². The highest BCUT2D eigenvalue weighted by atomic mass is 16.5. The highest BCUT2D eigenvalue weighted by Crippen LogP contribution is 2.41. The minimum Gasteiger partial charge on any atom is -0.392 e. The highest BCUT2D eigenvalue weighted by molar-refractivity contribution is 6.09. The topological polar surface area (TPSA) is 79.3 Å². The van der Waals surface area contributed by atoms with Gasteiger partial charge >= 0.3 is 0 Å². The lowest BCUT2D eigenvalue weighted by molar-refractivity contribution is 0.140. The van der Waals surface area contributed by atoms with Crippen molar-refractivity contribution in [3.63, 3.8) is 0 Å². The average molecular weight is 471 g/mol. The summed E-state index contributed by atoms with van der Waals surface area (Å²) in [5.74, 6) is 1.55. The summed E-state index contributed by atoms with van der Waals surface area (Å²) in [4.78, 5) is 9.10. The van der Waals surface area contributed by atoms with Crippen molar-refractivity contribution < 1.29 is 9.84 Å². The van der Waals surface area contributed by atoms with E-state index in [1.54, 1.807) is 0 Å². The lowest BCUT2D eigenvalue weighted by Gasteiger charge is -2.12. The number of unbranched alkanes of at least 4 members (excludes halogenated alkanes) is 1. The van der Waals surface area contributed by atoms with Crippen LogP contribution in [0.2, 0.25) is 0 Å². The van der Waals surface area contributed by atoms with E-state index >= 15 is 0 Å². The molecule has 2 aromatic heterocycles. The third-order valence-corrected chi connectivity index (χ3v) is 6.66. The fraction of sp³-hybridized carbons (Fsp3) is 0.379. The molecule has 1 aliphatic carbocycles. The number of hydrogen-bond donors (Lipinski definition) is 3. The Hall–Kier alpha value is -3.06. The van der Waals surface area contributed by atoms with Crippen molar-refractivity contribution in [3.05, 3.63) is 77.6 Å². The van der Waals surface area contributed by atoms with E-state index in [-0.39, 0.29) is 6.61 Å². The van der Waals surface area contributed by atoms with Crippen LogP contribution in [0.4, 0.5) is 5.82 Å². The van der Waals surface area contributed by atoms with E-state index < -0.39 is 0 Å². The molecule has 35 heavy (non-hydrogen) atoms. The maximum Gasteiger partial charge on any atom is 0.134 e. The van der Waals surface area contributed by atoms with Gasteiger partial charge in [0, 0.05) is 48.2 Å². The van der Waals surface area contributed by atoms with Crippen molar-refractivity contribution in [2.45, 2.75) is 44.8 Å². The van der Waals surface area contributed by atoms with Gasteiger partial charge in [-0.1, -0.05) is 36.4 Å². The van der Waals surface area contributed by atoms with Crippen LogP contribution in [-0.2, 0) is 17.9 Å². The summed E-state index contributed by atoms with van der Waals surface area (Å²) in [5, 5.41) is 19.9. The number of nitrogens with zero attached hydrogens (tertiary/aromatic N) is 2. The zero-order valence-electron chi connectivity index (χ0n) is 20.2. The number of anilines is 1. The molecule has 182 valence electrons. The third-order valence-electron chi connectivity index (χ3n) is 6.66. The third kappa shape index (κ3) is 5.96. The van der Waals surface area contributed by atoms with Gasteiger partial charge in [0.1, 0.15) is 5.82 Å². The fourth-order valence-electron chi connectivity index (χ4n) is 4.66. The zero-order valence-corrected chi connectivity index (χ0v) is 20.2. The summed E-state index contributed by atoms with van der Waals surface area (Å²) in [6, 6.07) is 16.7. The maximum atomic E-state index is 9.66. The van der Waals surface area contributed by atoms with Crippen molar-refractivity contribution >= 4 is 27.5 Å². The Morgan fingerprint density at radius 1 is 0.943 bits per heavy atom. The van der Waals surface area contributed by atoms with Gasteiger partial charge < -0.3 is 20.5 Å². The van der Waals surface area contributed by atoms with Crippen molar-refractivity contribution in [2.24, 2.45) is 0 Å². The second kappa shape index (κ2) is 11.6. The van der Waals surface area contributed by atoms with E-state index in [1.807, 2.05) is 36.7 Å². The number of fused-ring (bicyclic) bond motifs is 3. The molecule has 0 bridgehead atoms. The Kier molecular flexibility index (Phi) is 7.83. The molecule has 0 saturated heterocycles. The molecule has 5 rings (SSSR count). The summed E-state index contributed by atoms with van der Waals surface area (Å²) < 4.78 is 5.83. The predicted molar refractivity (Wildman–Crippen MR) is 142 cm³/mol. The standard InChI is InChI=1S/C29H34N4O2/c34-20-23-17-21(7-10-24(23)22-8-9-22)18-30-12-3-4-15-35-16-14-32-29-26-11-13-31-19-27(26)25-5-1-2-6-28(25)33-29/h1-2,5-7,10-11,13,17,19,22,30,34H,3-4,8-9,12,14-16,18,20H2,(H,32,33). The smallest absolute Gasteiger partial charge is 0.134 e. The van der Waals surface area contributed by atoms with Crippen LogP contribution in [0.25, 0.3) is 21.7 Å². The van der Waals surface area contributed by atoms with Crippen molar-refractivity contribution in [2.75, 3.05) is 31.6 Å². The van der Waals surface area contributed by atoms with Gasteiger partial charge in [0.25, 0.3) is 0 Å². The molecule has 0 radical (unpaired) electrons. The molecule has 4 aromatic rings. The normalized spacial score (nSPS) is 13.5. The Balaban J connectivity index is 0.989. The number of para-hydroxylation sites is 1. The molecule has 0 spiro atoms. The molecule has 3 N–H and O–H groups in total. The Morgan fingerprint density at radius 2 is 1.86 bits per heavy atom. The lowest BCUT2D eigenvalue weighted by atomic mass is 10.0. The minimum absolute atomic E-state index is 0.135. The number of aromatic nitrogens is 2. The van der Waals surface area contributed by atoms with E-state index in [9.17, 15) is 5.11 Å². The summed E-state index contributed by atoms with van der Waals surface area (Å²) >= 11 is 0. The van der Waals surface area contributed by atoms with Gasteiger partial charge in [0.15, 0.2) is 0 Å². The minimum atomic E-state index is 0.135. The summed E-state index contributed by atoms with van der Waals surface area (Å²) in [6.45, 7) is 4.05. The van der Waals surface area contributed by atoms with Crippen LogP contribution in [0, 0.1) is 0 Å². The Labute approximate surface area is 206 Å². The van der Waals surface area contributed by atoms with E-state index in [0.717, 1.165) is 65.6 Å². The second-order valence-corrected chi connectivity index (χ2v) is 9.29. The van der Waals surface area contributed by atoms with Crippen LogP contribution in [0.3, 0.4) is 0 Å². The van der Waals surface area contributed by atoms with Crippen LogP contribution in [0.5, 0.6) is 0 Å². The van der Waals surface area contributed by atoms with Crippen molar-refractivity contribution in [1.29, 1.82) is 0 Å². The molecule has 0 atom stereocenters. The van der Waals surface area contributed by atoms with Crippen LogP contribution >= 0.6 is 0 Å². The molecule has 2 heterocycles. The first-order valence-electron chi connectivity index (χ1n) is 12.7. The number of pyridine rings is 2. The number of aliphatic hydroxyl groups excluding tert-OH is 1. The first-order valence-corrected chi connectivity index (χ1v) is 12.7. The summed E-state index contributed by atoms with van der Waals surface area (Å²) in [7, 11) is 0. The summed E-state index contributed by atoms with van der Waals surface area (Å²) in [5.41, 5.74) is 4.64. The van der Waals surface area contributed by atoms with E-state index in [1.165, 1.54) is 24.0 Å². The largest absolute Gasteiger partial charge is 0.392 e. The molecule has 0 unspecified atom stereocenters. The second-order valence-electron chi connectivity index (χ2n) is 9.29. The van der Waals surface area contributed by atoms with Gasteiger partial charge in [-0.3, -0.25) is 4.98 Å². The Morgan fingerprint density at radius 3 is 2.74 bits per heavy atom. The zero-order chi connectivity index (χ0) is 23.9. The number of ether oxygens (including phenoxy) is 1. The van der Waals surface area contributed by atoms with Crippen LogP contribution in [0.1, 0.15) is 48.3 Å². The van der Waals surface area contributed by atoms with Gasteiger partial charge in [-0.15, -0.1) is 0 Å². The first kappa shape index (κ1) is 23.7. The molecule has 1 aliphatic rings. The monoisotopic (exact) mass is 470 g/mol. The van der Waals surface area contributed by atoms with Gasteiger partial charge in [-0.25, -0.2) is 4.98 Å². The molecule has 1 saturated carbocycles. The number of aliphatic hydroxyl groups is 1. The number of nitrogens with one attached hydrogen (secondary N) is 2. The maximum absolute atomic E-state index is 9.66. The lowest BCUT2D eigenvalue weighted by Crippen LogP contribution is -2.16. The number of rotatable bonds is 13. The van der Waals surface area contributed by atoms with Crippen molar-refractivity contribution in [3.8, 4) is 0 Å². The van der Waals surface area contributed by atoms with Gasteiger partial charge in [-0.05, 0) is 67.0 Å². The molecule has 6 heteroatoms. The summed E-state index contributed by atoms with van der Waals surface area (Å²) in [6.07, 6.45) is 8.34. The SMILES string of the molecule is OCc1cc(CNCCCCOCCNc2nc3ccccc3c3cnccc23)ccc1C1CC1.